The van der Waals surface area contributed by atoms with Crippen molar-refractivity contribution in [2.75, 3.05) is 14.2 Å². The molecule has 0 aromatic heterocycles. The Labute approximate surface area is 109 Å². The molecule has 0 aliphatic rings. The second-order valence-corrected chi connectivity index (χ2v) is 4.46. The number of ether oxygens (including phenoxy) is 1. The van der Waals surface area contributed by atoms with E-state index >= 15 is 0 Å². The summed E-state index contributed by atoms with van der Waals surface area (Å²) in [6.07, 6.45) is 0.912. The van der Waals surface area contributed by atoms with Gasteiger partial charge in [0.25, 0.3) is 0 Å². The summed E-state index contributed by atoms with van der Waals surface area (Å²) in [6.45, 7) is 1.86. The molecule has 1 aromatic rings. The van der Waals surface area contributed by atoms with Crippen LogP contribution in [0.1, 0.15) is 18.9 Å². The maximum absolute atomic E-state index is 11.5. The van der Waals surface area contributed by atoms with Crippen molar-refractivity contribution in [3.8, 4) is 5.75 Å². The van der Waals surface area contributed by atoms with Gasteiger partial charge in [0.1, 0.15) is 11.5 Å². The van der Waals surface area contributed by atoms with Crippen molar-refractivity contribution >= 4 is 27.4 Å². The second kappa shape index (κ2) is 6.74. The quantitative estimate of drug-likeness (QED) is 0.643. The van der Waals surface area contributed by atoms with E-state index in [1.54, 1.807) is 19.7 Å². The number of rotatable bonds is 6. The highest BCUT2D eigenvalue weighted by Gasteiger charge is 2.14. The zero-order valence-corrected chi connectivity index (χ0v) is 11.8. The van der Waals surface area contributed by atoms with Crippen molar-refractivity contribution in [2.24, 2.45) is 0 Å². The summed E-state index contributed by atoms with van der Waals surface area (Å²) in [5.74, 6) is 0.886. The van der Waals surface area contributed by atoms with E-state index in [-0.39, 0.29) is 5.78 Å². The number of nitrogens with two attached hydrogens (primary N) is 1. The Hall–Kier alpha value is -0.910. The summed E-state index contributed by atoms with van der Waals surface area (Å²) in [6, 6.07) is 3.76. The van der Waals surface area contributed by atoms with Crippen LogP contribution < -0.4 is 10.2 Å². The molecule has 0 aliphatic heterocycles. The summed E-state index contributed by atoms with van der Waals surface area (Å²) in [5, 5.41) is 0. The largest absolute Gasteiger partial charge is 0.496 e. The van der Waals surface area contributed by atoms with Crippen molar-refractivity contribution in [2.45, 2.75) is 19.8 Å². The highest BCUT2D eigenvalue weighted by atomic mass is 79.9. The highest BCUT2D eigenvalue weighted by Crippen LogP contribution is 2.30. The summed E-state index contributed by atoms with van der Waals surface area (Å²) < 4.78 is 6.16. The molecule has 4 nitrogen and oxygen atoms in total. The van der Waals surface area contributed by atoms with Gasteiger partial charge >= 0.3 is 0 Å². The molecule has 0 fully saturated rings. The van der Waals surface area contributed by atoms with Crippen LogP contribution in [0.25, 0.3) is 0 Å². The van der Waals surface area contributed by atoms with Gasteiger partial charge in [0, 0.05) is 35.0 Å². The lowest BCUT2D eigenvalue weighted by molar-refractivity contribution is -0.830. The minimum absolute atomic E-state index is 0.187. The van der Waals surface area contributed by atoms with Gasteiger partial charge in [-0.2, -0.15) is 5.48 Å². The van der Waals surface area contributed by atoms with Gasteiger partial charge in [-0.1, -0.05) is 22.9 Å². The summed E-state index contributed by atoms with van der Waals surface area (Å²) in [4.78, 5) is 16.5. The Balaban J connectivity index is 3.07. The van der Waals surface area contributed by atoms with Crippen LogP contribution in [0, 0.1) is 0 Å². The maximum Gasteiger partial charge on any atom is 0.166 e. The monoisotopic (exact) mass is 302 g/mol. The van der Waals surface area contributed by atoms with Crippen LogP contribution in [0.4, 0.5) is 5.69 Å². The average Bonchev–Trinajstić information content (AvgIpc) is 2.32. The van der Waals surface area contributed by atoms with E-state index in [2.05, 4.69) is 15.9 Å². The maximum atomic E-state index is 11.5. The number of Topliss-reactive ketones (excluding diaryl/α,β-unsaturated/α-hetero) is 1. The second-order valence-electron chi connectivity index (χ2n) is 3.61. The topological polar surface area (TPSA) is 52.1 Å². The molecule has 0 unspecified atom stereocenters. The molecule has 0 radical (unpaired) electrons. The number of methoxy groups -OCH3 is 1. The Bertz CT molecular complexity index is 407. The van der Waals surface area contributed by atoms with E-state index in [9.17, 15) is 4.79 Å². The van der Waals surface area contributed by atoms with Crippen LogP contribution >= 0.6 is 15.9 Å². The molecule has 0 spiro atoms. The zero-order chi connectivity index (χ0) is 12.8. The zero-order valence-electron chi connectivity index (χ0n) is 10.2. The van der Waals surface area contributed by atoms with Crippen molar-refractivity contribution < 1.29 is 19.8 Å². The lowest BCUT2D eigenvalue weighted by Crippen LogP contribution is -2.75. The van der Waals surface area contributed by atoms with E-state index in [4.69, 9.17) is 9.57 Å². The number of carbonyl (C=O) groups is 1. The molecule has 0 aliphatic carbocycles. The third kappa shape index (κ3) is 3.80. The minimum Gasteiger partial charge on any atom is -0.496 e. The molecule has 5 heteroatoms. The first-order valence-electron chi connectivity index (χ1n) is 5.36. The third-order valence-electron chi connectivity index (χ3n) is 2.42. The molecule has 0 amide bonds. The van der Waals surface area contributed by atoms with Gasteiger partial charge in [0.15, 0.2) is 5.69 Å². The number of halogens is 1. The normalized spacial score (nSPS) is 10.4. The Morgan fingerprint density at radius 2 is 2.12 bits per heavy atom. The average molecular weight is 303 g/mol. The molecule has 94 valence electrons. The van der Waals surface area contributed by atoms with Crippen LogP contribution in [0.15, 0.2) is 16.6 Å². The lowest BCUT2D eigenvalue weighted by atomic mass is 10.1. The molecule has 0 saturated heterocycles. The number of hydrogen-bond acceptors (Lipinski definition) is 3. The van der Waals surface area contributed by atoms with Crippen molar-refractivity contribution in [1.29, 1.82) is 0 Å². The first-order valence-corrected chi connectivity index (χ1v) is 6.15. The molecule has 17 heavy (non-hydrogen) atoms. The molecule has 1 rings (SSSR count). The van der Waals surface area contributed by atoms with E-state index in [0.29, 0.717) is 18.6 Å². The van der Waals surface area contributed by atoms with Crippen LogP contribution in [0.5, 0.6) is 5.75 Å². The van der Waals surface area contributed by atoms with Gasteiger partial charge in [0.05, 0.1) is 14.2 Å². The fourth-order valence-electron chi connectivity index (χ4n) is 1.51. The van der Waals surface area contributed by atoms with Crippen molar-refractivity contribution in [1.82, 2.24) is 0 Å². The molecule has 0 saturated carbocycles. The van der Waals surface area contributed by atoms with Crippen LogP contribution in [0.3, 0.4) is 0 Å². The van der Waals surface area contributed by atoms with Gasteiger partial charge in [0.2, 0.25) is 0 Å². The SMILES string of the molecule is CCC(=O)Cc1c(Br)cc([NH2+]OC)cc1OC. The Morgan fingerprint density at radius 1 is 1.41 bits per heavy atom. The lowest BCUT2D eigenvalue weighted by Gasteiger charge is -2.10. The van der Waals surface area contributed by atoms with Crippen molar-refractivity contribution in [3.05, 3.63) is 22.2 Å². The van der Waals surface area contributed by atoms with E-state index in [1.807, 2.05) is 19.1 Å². The molecule has 2 N–H and O–H groups in total. The van der Waals surface area contributed by atoms with Crippen LogP contribution in [-0.2, 0) is 16.1 Å². The predicted octanol–water partition coefficient (Wildman–Crippen LogP) is 1.74. The molecule has 0 bridgehead atoms. The number of quaternary nitrogens is 1. The molecule has 0 atom stereocenters. The van der Waals surface area contributed by atoms with Gasteiger partial charge in [-0.15, -0.1) is 0 Å². The van der Waals surface area contributed by atoms with E-state index in [0.717, 1.165) is 15.7 Å². The Morgan fingerprint density at radius 3 is 2.65 bits per heavy atom. The van der Waals surface area contributed by atoms with Gasteiger partial charge < -0.3 is 4.74 Å². The van der Waals surface area contributed by atoms with Crippen molar-refractivity contribution in [3.63, 3.8) is 0 Å². The number of ketones is 1. The van der Waals surface area contributed by atoms with Gasteiger partial charge in [-0.05, 0) is 0 Å². The molecule has 0 heterocycles. The standard InChI is InChI=1S/C12H16BrNO3/c1-4-9(15)7-10-11(13)5-8(14-17-3)6-12(10)16-2/h5-6,14H,4,7H2,1-3H3/p+1. The van der Waals surface area contributed by atoms with E-state index in [1.165, 1.54) is 0 Å². The minimum atomic E-state index is 0.187. The smallest absolute Gasteiger partial charge is 0.166 e. The fourth-order valence-corrected chi connectivity index (χ4v) is 2.11. The third-order valence-corrected chi connectivity index (χ3v) is 3.13. The number of carbonyl (C=O) groups excluding carboxylic acids is 1. The highest BCUT2D eigenvalue weighted by molar-refractivity contribution is 9.10. The van der Waals surface area contributed by atoms with E-state index < -0.39 is 0 Å². The Kier molecular flexibility index (Phi) is 5.61. The van der Waals surface area contributed by atoms with Crippen LogP contribution in [0.2, 0.25) is 0 Å². The molecular weight excluding hydrogens is 286 g/mol. The summed E-state index contributed by atoms with van der Waals surface area (Å²) in [5.41, 5.74) is 3.40. The summed E-state index contributed by atoms with van der Waals surface area (Å²) >= 11 is 3.46. The number of hydrogen-bond donors (Lipinski definition) is 1. The first-order chi connectivity index (χ1) is 8.12. The molecular formula is C12H17BrNO3+. The van der Waals surface area contributed by atoms with Crippen LogP contribution in [-0.4, -0.2) is 20.0 Å². The van der Waals surface area contributed by atoms with Gasteiger partial charge in [-0.25, -0.2) is 4.84 Å². The first kappa shape index (κ1) is 14.2. The molecule has 1 aromatic carbocycles. The van der Waals surface area contributed by atoms with Gasteiger partial charge in [-0.3, -0.25) is 4.79 Å². The number of benzene rings is 1. The fraction of sp³-hybridized carbons (Fsp3) is 0.417. The predicted molar refractivity (Wildman–Crippen MR) is 68.3 cm³/mol. The summed E-state index contributed by atoms with van der Waals surface area (Å²) in [7, 11) is 3.19.